The first kappa shape index (κ1) is 12.9. The molecule has 4 heteroatoms. The third-order valence-electron chi connectivity index (χ3n) is 5.05. The van der Waals surface area contributed by atoms with Gasteiger partial charge in [0.05, 0.1) is 0 Å². The predicted molar refractivity (Wildman–Crippen MR) is 72.5 cm³/mol. The van der Waals surface area contributed by atoms with E-state index in [1.165, 1.54) is 19.3 Å². The van der Waals surface area contributed by atoms with Crippen LogP contribution < -0.4 is 0 Å². The van der Waals surface area contributed by atoms with Crippen LogP contribution in [0.3, 0.4) is 0 Å². The zero-order valence-electron chi connectivity index (χ0n) is 11.6. The van der Waals surface area contributed by atoms with E-state index in [9.17, 15) is 9.59 Å². The van der Waals surface area contributed by atoms with E-state index in [2.05, 4.69) is 0 Å². The number of fused-ring (bicyclic) bond motifs is 1. The van der Waals surface area contributed by atoms with Crippen LogP contribution >= 0.6 is 0 Å². The van der Waals surface area contributed by atoms with Crippen LogP contribution in [0.1, 0.15) is 51.4 Å². The molecule has 0 bridgehead atoms. The van der Waals surface area contributed by atoms with Crippen molar-refractivity contribution in [2.24, 2.45) is 5.92 Å². The molecule has 0 aromatic rings. The molecule has 4 nitrogen and oxygen atoms in total. The lowest BCUT2D eigenvalue weighted by Crippen LogP contribution is -2.50. The van der Waals surface area contributed by atoms with Crippen LogP contribution in [0.4, 0.5) is 0 Å². The molecule has 106 valence electrons. The van der Waals surface area contributed by atoms with Gasteiger partial charge in [0.25, 0.3) is 0 Å². The van der Waals surface area contributed by atoms with Crippen LogP contribution in [-0.4, -0.2) is 47.3 Å². The van der Waals surface area contributed by atoms with Crippen molar-refractivity contribution in [2.75, 3.05) is 19.6 Å². The first-order valence-electron chi connectivity index (χ1n) is 7.84. The van der Waals surface area contributed by atoms with Gasteiger partial charge in [0.1, 0.15) is 6.04 Å². The zero-order valence-corrected chi connectivity index (χ0v) is 11.6. The van der Waals surface area contributed by atoms with Crippen molar-refractivity contribution in [3.05, 3.63) is 0 Å². The Labute approximate surface area is 115 Å². The quantitative estimate of drug-likeness (QED) is 0.779. The number of carbonyl (C=O) groups is 2. The van der Waals surface area contributed by atoms with Gasteiger partial charge < -0.3 is 9.80 Å². The summed E-state index contributed by atoms with van der Waals surface area (Å²) in [5.41, 5.74) is 0. The van der Waals surface area contributed by atoms with Gasteiger partial charge in [0.2, 0.25) is 11.8 Å². The summed E-state index contributed by atoms with van der Waals surface area (Å²) in [5, 5.41) is 0. The smallest absolute Gasteiger partial charge is 0.245 e. The molecule has 0 aromatic carbocycles. The largest absolute Gasteiger partial charge is 0.340 e. The average molecular weight is 264 g/mol. The number of piperidine rings is 1. The first-order valence-corrected chi connectivity index (χ1v) is 7.84. The Morgan fingerprint density at radius 1 is 1.00 bits per heavy atom. The lowest BCUT2D eigenvalue weighted by atomic mass is 9.83. The minimum absolute atomic E-state index is 0.148. The Hall–Kier alpha value is -1.06. The lowest BCUT2D eigenvalue weighted by molar-refractivity contribution is -0.143. The molecule has 0 radical (unpaired) electrons. The number of amides is 2. The Kier molecular flexibility index (Phi) is 3.76. The van der Waals surface area contributed by atoms with Crippen molar-refractivity contribution in [2.45, 2.75) is 57.4 Å². The second kappa shape index (κ2) is 5.51. The highest BCUT2D eigenvalue weighted by atomic mass is 16.2. The molecule has 3 aliphatic rings. The summed E-state index contributed by atoms with van der Waals surface area (Å²) < 4.78 is 0. The van der Waals surface area contributed by atoms with Crippen molar-refractivity contribution in [3.8, 4) is 0 Å². The molecule has 2 saturated heterocycles. The number of nitrogens with zero attached hydrogens (tertiary/aromatic N) is 2. The van der Waals surface area contributed by atoms with Crippen LogP contribution in [-0.2, 0) is 9.59 Å². The molecule has 2 aliphatic heterocycles. The van der Waals surface area contributed by atoms with Gasteiger partial charge in [-0.15, -0.1) is 0 Å². The van der Waals surface area contributed by atoms with Crippen LogP contribution in [0.15, 0.2) is 0 Å². The third kappa shape index (κ3) is 2.63. The highest BCUT2D eigenvalue weighted by molar-refractivity contribution is 5.90. The van der Waals surface area contributed by atoms with Gasteiger partial charge >= 0.3 is 0 Å². The predicted octanol–water partition coefficient (Wildman–Crippen LogP) is 1.79. The van der Waals surface area contributed by atoms with Gasteiger partial charge in [0.15, 0.2) is 0 Å². The topological polar surface area (TPSA) is 40.6 Å². The van der Waals surface area contributed by atoms with E-state index in [1.54, 1.807) is 0 Å². The van der Waals surface area contributed by atoms with Crippen LogP contribution in [0.5, 0.6) is 0 Å². The second-order valence-corrected chi connectivity index (χ2v) is 6.26. The fraction of sp³-hybridized carbons (Fsp3) is 0.867. The fourth-order valence-corrected chi connectivity index (χ4v) is 3.52. The fourth-order valence-electron chi connectivity index (χ4n) is 3.52. The maximum absolute atomic E-state index is 12.6. The highest BCUT2D eigenvalue weighted by Crippen LogP contribution is 2.30. The molecule has 3 rings (SSSR count). The van der Waals surface area contributed by atoms with Gasteiger partial charge in [-0.2, -0.15) is 0 Å². The van der Waals surface area contributed by atoms with Crippen molar-refractivity contribution in [1.82, 2.24) is 9.80 Å². The van der Waals surface area contributed by atoms with Crippen molar-refractivity contribution in [1.29, 1.82) is 0 Å². The first-order chi connectivity index (χ1) is 9.25. The van der Waals surface area contributed by atoms with E-state index in [1.807, 2.05) is 9.80 Å². The van der Waals surface area contributed by atoms with Crippen LogP contribution in [0, 0.1) is 5.92 Å². The molecule has 0 N–H and O–H groups in total. The normalized spacial score (nSPS) is 28.9. The van der Waals surface area contributed by atoms with Crippen molar-refractivity contribution >= 4 is 11.8 Å². The minimum Gasteiger partial charge on any atom is -0.340 e. The zero-order chi connectivity index (χ0) is 13.2. The molecule has 2 heterocycles. The molecule has 2 amide bonds. The van der Waals surface area contributed by atoms with Gasteiger partial charge in [-0.1, -0.05) is 19.3 Å². The molecule has 1 atom stereocenters. The monoisotopic (exact) mass is 264 g/mol. The Morgan fingerprint density at radius 2 is 1.84 bits per heavy atom. The average Bonchev–Trinajstić information content (AvgIpc) is 2.49. The molecular weight excluding hydrogens is 240 g/mol. The summed E-state index contributed by atoms with van der Waals surface area (Å²) in [4.78, 5) is 28.5. The maximum atomic E-state index is 12.6. The van der Waals surface area contributed by atoms with Gasteiger partial charge in [-0.3, -0.25) is 9.59 Å². The third-order valence-corrected chi connectivity index (χ3v) is 5.05. The summed E-state index contributed by atoms with van der Waals surface area (Å²) >= 11 is 0. The maximum Gasteiger partial charge on any atom is 0.245 e. The van der Waals surface area contributed by atoms with E-state index in [4.69, 9.17) is 0 Å². The van der Waals surface area contributed by atoms with Crippen LogP contribution in [0.2, 0.25) is 0 Å². The van der Waals surface area contributed by atoms with Gasteiger partial charge in [-0.05, 0) is 31.6 Å². The molecular formula is C15H24N2O2. The van der Waals surface area contributed by atoms with Gasteiger partial charge in [-0.25, -0.2) is 0 Å². The molecule has 0 aromatic heterocycles. The number of hydrogen-bond donors (Lipinski definition) is 0. The molecule has 3 fully saturated rings. The summed E-state index contributed by atoms with van der Waals surface area (Å²) in [6, 6.07) is -0.148. The highest BCUT2D eigenvalue weighted by Gasteiger charge is 2.37. The second-order valence-electron chi connectivity index (χ2n) is 6.26. The molecule has 0 spiro atoms. The molecule has 1 unspecified atom stereocenters. The van der Waals surface area contributed by atoms with E-state index in [0.717, 1.165) is 44.7 Å². The SMILES string of the molecule is O=C1C2CCCCN2C(=O)CCN1CCC1CCC1. The Morgan fingerprint density at radius 3 is 2.58 bits per heavy atom. The lowest BCUT2D eigenvalue weighted by Gasteiger charge is -2.35. The van der Waals surface area contributed by atoms with Crippen molar-refractivity contribution in [3.63, 3.8) is 0 Å². The summed E-state index contributed by atoms with van der Waals surface area (Å²) in [7, 11) is 0. The van der Waals surface area contributed by atoms with Crippen molar-refractivity contribution < 1.29 is 9.59 Å². The summed E-state index contributed by atoms with van der Waals surface area (Å²) in [5.74, 6) is 1.23. The standard InChI is InChI=1S/C15H24N2O2/c18-14-8-11-16(10-7-12-4-3-5-12)15(19)13-6-1-2-9-17(13)14/h12-13H,1-11H2. The van der Waals surface area contributed by atoms with E-state index < -0.39 is 0 Å². The van der Waals surface area contributed by atoms with E-state index in [0.29, 0.717) is 13.0 Å². The Balaban J connectivity index is 1.64. The number of rotatable bonds is 3. The molecule has 19 heavy (non-hydrogen) atoms. The van der Waals surface area contributed by atoms with E-state index in [-0.39, 0.29) is 17.9 Å². The molecule has 1 aliphatic carbocycles. The van der Waals surface area contributed by atoms with Gasteiger partial charge in [0, 0.05) is 26.1 Å². The van der Waals surface area contributed by atoms with Crippen LogP contribution in [0.25, 0.3) is 0 Å². The minimum atomic E-state index is -0.148. The summed E-state index contributed by atoms with van der Waals surface area (Å²) in [6.07, 6.45) is 8.67. The Bertz CT molecular complexity index is 365. The van der Waals surface area contributed by atoms with E-state index >= 15 is 0 Å². The molecule has 1 saturated carbocycles. The number of carbonyl (C=O) groups excluding carboxylic acids is 2. The summed E-state index contributed by atoms with van der Waals surface area (Å²) in [6.45, 7) is 2.28. The number of hydrogen-bond acceptors (Lipinski definition) is 2.